The second-order valence-electron chi connectivity index (χ2n) is 6.39. The molecular formula is C21H14N4O4S. The standard InChI is InChI=1S/C21H14N4O4S/c1-27-16-7-3-4-11-9-14(20(26)28-17(11)16)15-10-30-19(23-15)13-6-2-5-12(8-13)18-24-25-21(22)29-18/h2-10H,1H3,(H2,22,25). The second-order valence-corrected chi connectivity index (χ2v) is 7.25. The smallest absolute Gasteiger partial charge is 0.345 e. The Bertz CT molecular complexity index is 1440. The van der Waals surface area contributed by atoms with Crippen LogP contribution in [0.3, 0.4) is 0 Å². The summed E-state index contributed by atoms with van der Waals surface area (Å²) in [4.78, 5) is 17.2. The fourth-order valence-electron chi connectivity index (χ4n) is 3.12. The van der Waals surface area contributed by atoms with Crippen LogP contribution in [0.5, 0.6) is 5.75 Å². The number of nitrogens with two attached hydrogens (primary N) is 1. The Morgan fingerprint density at radius 1 is 1.03 bits per heavy atom. The van der Waals surface area contributed by atoms with E-state index in [2.05, 4.69) is 15.2 Å². The van der Waals surface area contributed by atoms with E-state index in [0.29, 0.717) is 28.5 Å². The highest BCUT2D eigenvalue weighted by atomic mass is 32.1. The molecule has 0 amide bonds. The molecule has 0 spiro atoms. The molecule has 0 saturated heterocycles. The maximum absolute atomic E-state index is 12.6. The molecular weight excluding hydrogens is 404 g/mol. The summed E-state index contributed by atoms with van der Waals surface area (Å²) >= 11 is 1.42. The van der Waals surface area contributed by atoms with Crippen molar-refractivity contribution in [2.24, 2.45) is 0 Å². The lowest BCUT2D eigenvalue weighted by Crippen LogP contribution is -2.03. The Labute approximate surface area is 173 Å². The van der Waals surface area contributed by atoms with Gasteiger partial charge in [-0.3, -0.25) is 0 Å². The van der Waals surface area contributed by atoms with E-state index in [-0.39, 0.29) is 6.01 Å². The minimum Gasteiger partial charge on any atom is -0.493 e. The van der Waals surface area contributed by atoms with E-state index < -0.39 is 5.63 Å². The van der Waals surface area contributed by atoms with E-state index in [0.717, 1.165) is 21.5 Å². The summed E-state index contributed by atoms with van der Waals surface area (Å²) in [5.41, 5.74) is 7.96. The topological polar surface area (TPSA) is 117 Å². The van der Waals surface area contributed by atoms with Gasteiger partial charge < -0.3 is 19.3 Å². The van der Waals surface area contributed by atoms with Crippen LogP contribution in [-0.2, 0) is 0 Å². The minimum absolute atomic E-state index is 0.00611. The largest absolute Gasteiger partial charge is 0.493 e. The molecule has 9 heteroatoms. The highest BCUT2D eigenvalue weighted by Crippen LogP contribution is 2.32. The molecule has 0 radical (unpaired) electrons. The average Bonchev–Trinajstić information content (AvgIpc) is 3.42. The molecule has 30 heavy (non-hydrogen) atoms. The maximum atomic E-state index is 12.6. The lowest BCUT2D eigenvalue weighted by molar-refractivity contribution is 0.407. The van der Waals surface area contributed by atoms with E-state index in [1.165, 1.54) is 18.4 Å². The maximum Gasteiger partial charge on any atom is 0.345 e. The van der Waals surface area contributed by atoms with E-state index in [4.69, 9.17) is 19.3 Å². The first kappa shape index (κ1) is 18.1. The molecule has 0 bridgehead atoms. The minimum atomic E-state index is -0.473. The van der Waals surface area contributed by atoms with Crippen LogP contribution in [-0.4, -0.2) is 22.3 Å². The molecule has 3 aromatic heterocycles. The SMILES string of the molecule is COc1cccc2cc(-c3csc(-c4cccc(-c5nnc(N)o5)c4)n3)c(=O)oc12. The zero-order valence-corrected chi connectivity index (χ0v) is 16.5. The van der Waals surface area contributed by atoms with Gasteiger partial charge >= 0.3 is 11.6 Å². The fourth-order valence-corrected chi connectivity index (χ4v) is 3.94. The van der Waals surface area contributed by atoms with Crippen molar-refractivity contribution in [2.45, 2.75) is 0 Å². The summed E-state index contributed by atoms with van der Waals surface area (Å²) in [7, 11) is 1.53. The van der Waals surface area contributed by atoms with Gasteiger partial charge in [0.1, 0.15) is 5.01 Å². The van der Waals surface area contributed by atoms with Crippen LogP contribution in [0.1, 0.15) is 0 Å². The van der Waals surface area contributed by atoms with E-state index in [9.17, 15) is 4.79 Å². The predicted molar refractivity (Wildman–Crippen MR) is 113 cm³/mol. The summed E-state index contributed by atoms with van der Waals surface area (Å²) in [5, 5.41) is 10.9. The van der Waals surface area contributed by atoms with Crippen LogP contribution < -0.4 is 16.1 Å². The fraction of sp³-hybridized carbons (Fsp3) is 0.0476. The molecule has 8 nitrogen and oxygen atoms in total. The third kappa shape index (κ3) is 3.11. The van der Waals surface area contributed by atoms with Gasteiger partial charge in [-0.25, -0.2) is 9.78 Å². The molecule has 0 aliphatic heterocycles. The Hall–Kier alpha value is -3.98. The number of benzene rings is 2. The molecule has 0 unspecified atom stereocenters. The van der Waals surface area contributed by atoms with Crippen LogP contribution in [0.25, 0.3) is 44.3 Å². The normalized spacial score (nSPS) is 11.1. The van der Waals surface area contributed by atoms with Crippen LogP contribution in [0.15, 0.2) is 67.5 Å². The molecule has 0 atom stereocenters. The van der Waals surface area contributed by atoms with Crippen LogP contribution >= 0.6 is 11.3 Å². The number of anilines is 1. The molecule has 0 saturated carbocycles. The Morgan fingerprint density at radius 3 is 2.67 bits per heavy atom. The summed E-state index contributed by atoms with van der Waals surface area (Å²) < 4.78 is 16.1. The zero-order valence-electron chi connectivity index (χ0n) is 15.7. The lowest BCUT2D eigenvalue weighted by atomic mass is 10.1. The third-order valence-electron chi connectivity index (χ3n) is 4.52. The first-order valence-electron chi connectivity index (χ1n) is 8.89. The number of aromatic nitrogens is 3. The number of nitrogen functional groups attached to an aromatic ring is 1. The first-order valence-corrected chi connectivity index (χ1v) is 9.77. The van der Waals surface area contributed by atoms with Gasteiger partial charge in [-0.2, -0.15) is 0 Å². The molecule has 5 rings (SSSR count). The van der Waals surface area contributed by atoms with Crippen LogP contribution in [0.2, 0.25) is 0 Å². The van der Waals surface area contributed by atoms with Gasteiger partial charge in [0.25, 0.3) is 0 Å². The molecule has 0 aliphatic rings. The van der Waals surface area contributed by atoms with Gasteiger partial charge in [0, 0.05) is 21.9 Å². The Morgan fingerprint density at radius 2 is 1.87 bits per heavy atom. The summed E-state index contributed by atoms with van der Waals surface area (Å²) in [6.07, 6.45) is 0. The van der Waals surface area contributed by atoms with Crippen molar-refractivity contribution in [3.8, 4) is 39.0 Å². The van der Waals surface area contributed by atoms with E-state index in [1.54, 1.807) is 12.1 Å². The van der Waals surface area contributed by atoms with Crippen molar-refractivity contribution in [1.82, 2.24) is 15.2 Å². The Balaban J connectivity index is 1.55. The van der Waals surface area contributed by atoms with Gasteiger partial charge in [0.15, 0.2) is 11.3 Å². The van der Waals surface area contributed by atoms with Crippen molar-refractivity contribution < 1.29 is 13.6 Å². The molecule has 5 aromatic rings. The number of methoxy groups -OCH3 is 1. The predicted octanol–water partition coefficient (Wildman–Crippen LogP) is 4.22. The van der Waals surface area contributed by atoms with Crippen molar-refractivity contribution in [3.05, 3.63) is 64.3 Å². The number of thiazole rings is 1. The van der Waals surface area contributed by atoms with E-state index >= 15 is 0 Å². The van der Waals surface area contributed by atoms with Crippen molar-refractivity contribution in [3.63, 3.8) is 0 Å². The number of ether oxygens (including phenoxy) is 1. The highest BCUT2D eigenvalue weighted by Gasteiger charge is 2.15. The van der Waals surface area contributed by atoms with Gasteiger partial charge in [-0.05, 0) is 24.3 Å². The summed E-state index contributed by atoms with van der Waals surface area (Å²) in [6.45, 7) is 0. The number of para-hydroxylation sites is 1. The van der Waals surface area contributed by atoms with E-state index in [1.807, 2.05) is 41.8 Å². The van der Waals surface area contributed by atoms with Crippen molar-refractivity contribution in [1.29, 1.82) is 0 Å². The summed E-state index contributed by atoms with van der Waals surface area (Å²) in [5.74, 6) is 0.837. The molecule has 0 aliphatic carbocycles. The monoisotopic (exact) mass is 418 g/mol. The number of hydrogen-bond donors (Lipinski definition) is 1. The number of nitrogens with zero attached hydrogens (tertiary/aromatic N) is 3. The summed E-state index contributed by atoms with van der Waals surface area (Å²) in [6, 6.07) is 14.7. The molecule has 2 N–H and O–H groups in total. The van der Waals surface area contributed by atoms with Gasteiger partial charge in [0.2, 0.25) is 5.89 Å². The molecule has 3 heterocycles. The number of rotatable bonds is 4. The van der Waals surface area contributed by atoms with Gasteiger partial charge in [-0.15, -0.1) is 16.4 Å². The molecule has 0 fully saturated rings. The molecule has 148 valence electrons. The third-order valence-corrected chi connectivity index (χ3v) is 5.41. The zero-order chi connectivity index (χ0) is 20.7. The average molecular weight is 418 g/mol. The van der Waals surface area contributed by atoms with Gasteiger partial charge in [-0.1, -0.05) is 29.4 Å². The number of fused-ring (bicyclic) bond motifs is 1. The second kappa shape index (κ2) is 7.12. The first-order chi connectivity index (χ1) is 14.6. The lowest BCUT2D eigenvalue weighted by Gasteiger charge is -2.04. The number of hydrogen-bond acceptors (Lipinski definition) is 9. The van der Waals surface area contributed by atoms with Crippen LogP contribution in [0.4, 0.5) is 6.01 Å². The van der Waals surface area contributed by atoms with Crippen LogP contribution in [0, 0.1) is 0 Å². The molecule has 2 aromatic carbocycles. The van der Waals surface area contributed by atoms with Crippen molar-refractivity contribution >= 4 is 28.3 Å². The quantitative estimate of drug-likeness (QED) is 0.431. The van der Waals surface area contributed by atoms with Gasteiger partial charge in [0.05, 0.1) is 18.4 Å². The Kier molecular flexibility index (Phi) is 4.29. The van der Waals surface area contributed by atoms with Crippen molar-refractivity contribution in [2.75, 3.05) is 12.8 Å². The highest BCUT2D eigenvalue weighted by molar-refractivity contribution is 7.13.